The Labute approximate surface area is 136 Å². The van der Waals surface area contributed by atoms with Crippen molar-refractivity contribution in [2.45, 2.75) is 16.0 Å². The molecule has 3 rings (SSSR count). The third kappa shape index (κ3) is 2.61. The third-order valence-corrected chi connectivity index (χ3v) is 5.07. The number of ether oxygens (including phenoxy) is 1. The second kappa shape index (κ2) is 6.31. The third-order valence-electron chi connectivity index (χ3n) is 3.50. The minimum absolute atomic E-state index is 0.204. The summed E-state index contributed by atoms with van der Waals surface area (Å²) in [6.07, 6.45) is 1.55. The van der Waals surface area contributed by atoms with E-state index in [1.165, 1.54) is 11.8 Å². The molecule has 0 radical (unpaired) electrons. The van der Waals surface area contributed by atoms with Gasteiger partial charge < -0.3 is 4.74 Å². The molecule has 1 aliphatic heterocycles. The van der Waals surface area contributed by atoms with Gasteiger partial charge in [-0.1, -0.05) is 30.9 Å². The Morgan fingerprint density at radius 1 is 1.36 bits per heavy atom. The quantitative estimate of drug-likeness (QED) is 0.542. The zero-order chi connectivity index (χ0) is 15.7. The van der Waals surface area contributed by atoms with Gasteiger partial charge in [0.2, 0.25) is 0 Å². The maximum atomic E-state index is 14.2. The lowest BCUT2D eigenvalue weighted by molar-refractivity contribution is 0.353. The zero-order valence-corrected chi connectivity index (χ0v) is 13.2. The van der Waals surface area contributed by atoms with E-state index in [2.05, 4.69) is 6.58 Å². The van der Waals surface area contributed by atoms with E-state index in [1.54, 1.807) is 6.08 Å². The van der Waals surface area contributed by atoms with Crippen LogP contribution >= 0.6 is 23.4 Å². The fraction of sp³-hybridized carbons (Fsp3) is 0.176. The first-order valence-corrected chi connectivity index (χ1v) is 8.16. The summed E-state index contributed by atoms with van der Waals surface area (Å²) in [4.78, 5) is 0.966. The van der Waals surface area contributed by atoms with Crippen LogP contribution in [-0.2, 0) is 5.75 Å². The van der Waals surface area contributed by atoms with Gasteiger partial charge in [-0.25, -0.2) is 8.78 Å². The molecule has 22 heavy (non-hydrogen) atoms. The van der Waals surface area contributed by atoms with Gasteiger partial charge in [0, 0.05) is 27.8 Å². The molecule has 1 atom stereocenters. The van der Waals surface area contributed by atoms with Crippen LogP contribution in [0, 0.1) is 11.6 Å². The van der Waals surface area contributed by atoms with Gasteiger partial charge in [0.25, 0.3) is 0 Å². The van der Waals surface area contributed by atoms with Crippen LogP contribution < -0.4 is 4.74 Å². The van der Waals surface area contributed by atoms with E-state index in [4.69, 9.17) is 16.3 Å². The number of hydrogen-bond donors (Lipinski definition) is 0. The highest BCUT2D eigenvalue weighted by Gasteiger charge is 2.29. The normalized spacial score (nSPS) is 16.4. The molecule has 0 spiro atoms. The van der Waals surface area contributed by atoms with Crippen LogP contribution in [0.3, 0.4) is 0 Å². The molecule has 0 N–H and O–H groups in total. The molecule has 0 saturated heterocycles. The molecule has 2 aromatic carbocycles. The number of alkyl halides is 1. The highest BCUT2D eigenvalue weighted by atomic mass is 35.5. The molecule has 114 valence electrons. The Morgan fingerprint density at radius 3 is 2.91 bits per heavy atom. The molecule has 0 aliphatic carbocycles. The average molecular weight is 339 g/mol. The van der Waals surface area contributed by atoms with Crippen LogP contribution in [0.5, 0.6) is 5.75 Å². The van der Waals surface area contributed by atoms with Crippen LogP contribution in [0.15, 0.2) is 47.9 Å². The Balaban J connectivity index is 2.20. The van der Waals surface area contributed by atoms with Crippen LogP contribution in [0.25, 0.3) is 0 Å². The summed E-state index contributed by atoms with van der Waals surface area (Å²) in [5.74, 6) is -1.20. The van der Waals surface area contributed by atoms with E-state index in [0.29, 0.717) is 11.3 Å². The molecule has 1 aliphatic rings. The summed E-state index contributed by atoms with van der Waals surface area (Å²) in [6.45, 7) is 3.78. The first-order chi connectivity index (χ1) is 10.6. The Kier molecular flexibility index (Phi) is 4.41. The summed E-state index contributed by atoms with van der Waals surface area (Å²) < 4.78 is 33.6. The molecule has 2 aromatic rings. The van der Waals surface area contributed by atoms with Crippen molar-refractivity contribution in [1.29, 1.82) is 0 Å². The molecular formula is C17H13ClF2OS. The van der Waals surface area contributed by atoms with E-state index in [1.807, 2.05) is 24.3 Å². The van der Waals surface area contributed by atoms with Crippen LogP contribution in [-0.4, -0.2) is 6.61 Å². The fourth-order valence-electron chi connectivity index (χ4n) is 2.48. The van der Waals surface area contributed by atoms with Crippen molar-refractivity contribution in [3.63, 3.8) is 0 Å². The van der Waals surface area contributed by atoms with Crippen molar-refractivity contribution in [1.82, 2.24) is 0 Å². The van der Waals surface area contributed by atoms with E-state index in [9.17, 15) is 8.78 Å². The highest BCUT2D eigenvalue weighted by molar-refractivity contribution is 7.98. The first kappa shape index (κ1) is 15.4. The van der Waals surface area contributed by atoms with Crippen molar-refractivity contribution in [3.8, 4) is 5.75 Å². The molecule has 0 amide bonds. The number of rotatable bonds is 3. The van der Waals surface area contributed by atoms with E-state index in [0.717, 1.165) is 16.5 Å². The highest BCUT2D eigenvalue weighted by Crippen LogP contribution is 2.47. The first-order valence-electron chi connectivity index (χ1n) is 6.73. The minimum atomic E-state index is -0.923. The monoisotopic (exact) mass is 338 g/mol. The van der Waals surface area contributed by atoms with E-state index >= 15 is 0 Å². The van der Waals surface area contributed by atoms with Gasteiger partial charge in [0.15, 0.2) is 11.6 Å². The SMILES string of the molecule is C=CCOc1cc(F)c(F)c2c1C(Cl)c1ccccc1SC2. The van der Waals surface area contributed by atoms with Gasteiger partial charge in [0.1, 0.15) is 12.4 Å². The lowest BCUT2D eigenvalue weighted by Gasteiger charge is -2.18. The van der Waals surface area contributed by atoms with Crippen LogP contribution in [0.1, 0.15) is 22.1 Å². The second-order valence-corrected chi connectivity index (χ2v) is 6.31. The molecule has 5 heteroatoms. The molecule has 0 bridgehead atoms. The Hall–Kier alpha value is -1.52. The summed E-state index contributed by atoms with van der Waals surface area (Å²) in [6, 6.07) is 8.67. The van der Waals surface area contributed by atoms with E-state index < -0.39 is 17.0 Å². The molecular weight excluding hydrogens is 326 g/mol. The van der Waals surface area contributed by atoms with Gasteiger partial charge in [-0.3, -0.25) is 0 Å². The van der Waals surface area contributed by atoms with Gasteiger partial charge in [-0.15, -0.1) is 23.4 Å². The Bertz CT molecular complexity index is 733. The maximum absolute atomic E-state index is 14.2. The predicted molar refractivity (Wildman–Crippen MR) is 85.7 cm³/mol. The second-order valence-electron chi connectivity index (χ2n) is 4.85. The molecule has 1 nitrogen and oxygen atoms in total. The summed E-state index contributed by atoms with van der Waals surface area (Å²) >= 11 is 8.03. The fourth-order valence-corrected chi connectivity index (χ4v) is 4.08. The Morgan fingerprint density at radius 2 is 2.14 bits per heavy atom. The summed E-state index contributed by atoms with van der Waals surface area (Å²) in [7, 11) is 0. The lowest BCUT2D eigenvalue weighted by Crippen LogP contribution is -2.07. The maximum Gasteiger partial charge on any atom is 0.163 e. The van der Waals surface area contributed by atoms with Gasteiger partial charge in [0.05, 0.1) is 5.38 Å². The topological polar surface area (TPSA) is 9.23 Å². The van der Waals surface area contributed by atoms with Gasteiger partial charge >= 0.3 is 0 Å². The standard InChI is InChI=1S/C17H13ClF2OS/c1-2-7-21-13-8-12(19)17(20)11-9-22-14-6-4-3-5-10(14)16(18)15(11)13/h2-6,8,16H,1,7,9H2. The summed E-state index contributed by atoms with van der Waals surface area (Å²) in [5, 5.41) is -0.587. The van der Waals surface area contributed by atoms with Crippen molar-refractivity contribution < 1.29 is 13.5 Å². The molecule has 1 heterocycles. The van der Waals surface area contributed by atoms with Crippen LogP contribution in [0.4, 0.5) is 8.78 Å². The minimum Gasteiger partial charge on any atom is -0.489 e. The number of benzene rings is 2. The van der Waals surface area contributed by atoms with Crippen molar-refractivity contribution in [2.75, 3.05) is 6.61 Å². The predicted octanol–water partition coefficient (Wildman–Crippen LogP) is 5.46. The number of halogens is 3. The zero-order valence-electron chi connectivity index (χ0n) is 11.6. The smallest absolute Gasteiger partial charge is 0.163 e. The lowest BCUT2D eigenvalue weighted by atomic mass is 9.98. The number of thioether (sulfide) groups is 1. The molecule has 1 unspecified atom stereocenters. The van der Waals surface area contributed by atoms with Gasteiger partial charge in [-0.05, 0) is 11.6 Å². The molecule has 0 aromatic heterocycles. The van der Waals surface area contributed by atoms with Crippen molar-refractivity contribution in [3.05, 3.63) is 71.3 Å². The number of hydrogen-bond acceptors (Lipinski definition) is 2. The van der Waals surface area contributed by atoms with E-state index in [-0.39, 0.29) is 17.9 Å². The van der Waals surface area contributed by atoms with Crippen molar-refractivity contribution in [2.24, 2.45) is 0 Å². The molecule has 0 saturated carbocycles. The number of fused-ring (bicyclic) bond motifs is 2. The average Bonchev–Trinajstić information content (AvgIpc) is 2.68. The van der Waals surface area contributed by atoms with Crippen molar-refractivity contribution >= 4 is 23.4 Å². The summed E-state index contributed by atoms with van der Waals surface area (Å²) in [5.41, 5.74) is 1.64. The largest absolute Gasteiger partial charge is 0.489 e. The van der Waals surface area contributed by atoms with Crippen LogP contribution in [0.2, 0.25) is 0 Å². The van der Waals surface area contributed by atoms with Gasteiger partial charge in [-0.2, -0.15) is 0 Å². The molecule has 0 fully saturated rings.